The van der Waals surface area contributed by atoms with Gasteiger partial charge in [0.2, 0.25) is 0 Å². The lowest BCUT2D eigenvalue weighted by Crippen LogP contribution is -1.81. The van der Waals surface area contributed by atoms with E-state index in [2.05, 4.69) is 27.8 Å². The van der Waals surface area contributed by atoms with Crippen LogP contribution in [0.1, 0.15) is 57.8 Å². The summed E-state index contributed by atoms with van der Waals surface area (Å²) in [5.41, 5.74) is 0. The number of halogens is 1. The second-order valence-electron chi connectivity index (χ2n) is 3.71. The zero-order valence-corrected chi connectivity index (χ0v) is 11.0. The number of carbonyl (C=O) groups is 1. The van der Waals surface area contributed by atoms with Crippen LogP contribution >= 0.6 is 15.9 Å². The first-order valence-electron chi connectivity index (χ1n) is 5.90. The number of alkyl halides is 1. The molecule has 0 fully saturated rings. The van der Waals surface area contributed by atoms with Crippen molar-refractivity contribution >= 4 is 22.2 Å². The fraction of sp³-hybridized carbons (Fsp3) is 0.769. The van der Waals surface area contributed by atoms with Crippen molar-refractivity contribution in [2.24, 2.45) is 0 Å². The molecule has 0 aromatic rings. The van der Waals surface area contributed by atoms with Gasteiger partial charge in [-0.25, -0.2) is 0 Å². The molecular weight excluding hydrogens is 252 g/mol. The summed E-state index contributed by atoms with van der Waals surface area (Å²) in [5.74, 6) is 5.27. The summed E-state index contributed by atoms with van der Waals surface area (Å²) in [6, 6.07) is 0. The lowest BCUT2D eigenvalue weighted by Gasteiger charge is -1.99. The molecule has 0 spiro atoms. The van der Waals surface area contributed by atoms with E-state index in [0.717, 1.165) is 18.2 Å². The molecule has 0 aliphatic heterocycles. The number of carbonyl (C=O) groups excluding carboxylic acids is 1. The lowest BCUT2D eigenvalue weighted by molar-refractivity contribution is -0.103. The summed E-state index contributed by atoms with van der Waals surface area (Å²) in [6.45, 7) is 0. The third kappa shape index (κ3) is 13.7. The Kier molecular flexibility index (Phi) is 13.4. The second-order valence-corrected chi connectivity index (χ2v) is 4.50. The van der Waals surface area contributed by atoms with Crippen LogP contribution in [0.2, 0.25) is 0 Å². The van der Waals surface area contributed by atoms with Crippen molar-refractivity contribution in [3.63, 3.8) is 0 Å². The summed E-state index contributed by atoms with van der Waals surface area (Å²) >= 11 is 3.44. The minimum Gasteiger partial charge on any atom is -0.289 e. The molecule has 0 bridgehead atoms. The minimum absolute atomic E-state index is 0.671. The molecular formula is C13H21BrO. The topological polar surface area (TPSA) is 17.1 Å². The molecule has 1 nitrogen and oxygen atoms in total. The second kappa shape index (κ2) is 13.7. The molecule has 2 heteroatoms. The fourth-order valence-corrected chi connectivity index (χ4v) is 1.88. The SMILES string of the molecule is O=CC#CCCCCCCCCCCBr. The van der Waals surface area contributed by atoms with Gasteiger partial charge in [0, 0.05) is 11.8 Å². The van der Waals surface area contributed by atoms with E-state index >= 15 is 0 Å². The predicted octanol–water partition coefficient (Wildman–Crippen LogP) is 4.09. The van der Waals surface area contributed by atoms with Gasteiger partial charge in [0.05, 0.1) is 0 Å². The largest absolute Gasteiger partial charge is 0.289 e. The molecule has 0 heterocycles. The fourth-order valence-electron chi connectivity index (χ4n) is 1.48. The van der Waals surface area contributed by atoms with E-state index in [4.69, 9.17) is 0 Å². The van der Waals surface area contributed by atoms with Gasteiger partial charge < -0.3 is 0 Å². The zero-order valence-electron chi connectivity index (χ0n) is 9.43. The van der Waals surface area contributed by atoms with Gasteiger partial charge in [-0.15, -0.1) is 0 Å². The van der Waals surface area contributed by atoms with Crippen LogP contribution in [0.25, 0.3) is 0 Å². The van der Waals surface area contributed by atoms with Gasteiger partial charge in [-0.05, 0) is 18.8 Å². The Morgan fingerprint density at radius 3 is 1.93 bits per heavy atom. The van der Waals surface area contributed by atoms with Gasteiger partial charge in [-0.2, -0.15) is 0 Å². The smallest absolute Gasteiger partial charge is 0.192 e. The van der Waals surface area contributed by atoms with E-state index in [1.807, 2.05) is 0 Å². The Hall–Kier alpha value is -0.290. The molecule has 0 unspecified atom stereocenters. The van der Waals surface area contributed by atoms with Gasteiger partial charge in [0.25, 0.3) is 0 Å². The highest BCUT2D eigenvalue weighted by Crippen LogP contribution is 2.09. The van der Waals surface area contributed by atoms with E-state index in [-0.39, 0.29) is 0 Å². The molecule has 0 radical (unpaired) electrons. The number of hydrogen-bond acceptors (Lipinski definition) is 1. The van der Waals surface area contributed by atoms with Crippen LogP contribution in [0.15, 0.2) is 0 Å². The van der Waals surface area contributed by atoms with Gasteiger partial charge in [0.1, 0.15) is 0 Å². The van der Waals surface area contributed by atoms with Crippen LogP contribution in [0, 0.1) is 11.8 Å². The van der Waals surface area contributed by atoms with Gasteiger partial charge in [-0.3, -0.25) is 4.79 Å². The van der Waals surface area contributed by atoms with Crippen molar-refractivity contribution < 1.29 is 4.79 Å². The summed E-state index contributed by atoms with van der Waals surface area (Å²) < 4.78 is 0. The number of rotatable bonds is 9. The van der Waals surface area contributed by atoms with Crippen molar-refractivity contribution in [3.8, 4) is 11.8 Å². The molecule has 86 valence electrons. The molecule has 0 amide bonds. The predicted molar refractivity (Wildman–Crippen MR) is 69.2 cm³/mol. The number of hydrogen-bond donors (Lipinski definition) is 0. The molecule has 15 heavy (non-hydrogen) atoms. The normalized spacial score (nSPS) is 9.40. The van der Waals surface area contributed by atoms with E-state index < -0.39 is 0 Å². The van der Waals surface area contributed by atoms with Crippen molar-refractivity contribution in [3.05, 3.63) is 0 Å². The van der Waals surface area contributed by atoms with Crippen LogP contribution in [-0.4, -0.2) is 11.6 Å². The van der Waals surface area contributed by atoms with Crippen LogP contribution in [0.5, 0.6) is 0 Å². The van der Waals surface area contributed by atoms with Crippen molar-refractivity contribution in [1.29, 1.82) is 0 Å². The quantitative estimate of drug-likeness (QED) is 0.267. The number of unbranched alkanes of at least 4 members (excludes halogenated alkanes) is 8. The maximum Gasteiger partial charge on any atom is 0.192 e. The van der Waals surface area contributed by atoms with Crippen LogP contribution < -0.4 is 0 Å². The maximum absolute atomic E-state index is 9.89. The summed E-state index contributed by atoms with van der Waals surface area (Å²) in [4.78, 5) is 9.89. The lowest BCUT2D eigenvalue weighted by atomic mass is 10.1. The van der Waals surface area contributed by atoms with E-state index in [1.54, 1.807) is 0 Å². The maximum atomic E-state index is 9.89. The molecule has 0 rings (SSSR count). The standard InChI is InChI=1S/C13H21BrO/c14-12-10-8-6-4-2-1-3-5-7-9-11-13-15/h13H,1-8,10,12H2. The van der Waals surface area contributed by atoms with Crippen LogP contribution in [0.4, 0.5) is 0 Å². The van der Waals surface area contributed by atoms with E-state index in [0.29, 0.717) is 6.29 Å². The Balaban J connectivity index is 2.95. The Morgan fingerprint density at radius 1 is 0.867 bits per heavy atom. The summed E-state index contributed by atoms with van der Waals surface area (Å²) in [5, 5.41) is 1.14. The van der Waals surface area contributed by atoms with Crippen molar-refractivity contribution in [1.82, 2.24) is 0 Å². The van der Waals surface area contributed by atoms with Crippen LogP contribution in [0.3, 0.4) is 0 Å². The Morgan fingerprint density at radius 2 is 1.40 bits per heavy atom. The summed E-state index contributed by atoms with van der Waals surface area (Å²) in [6.07, 6.45) is 12.0. The Labute approximate surface area is 102 Å². The first kappa shape index (κ1) is 14.7. The van der Waals surface area contributed by atoms with Gasteiger partial charge in [0.15, 0.2) is 6.29 Å². The molecule has 0 atom stereocenters. The molecule has 0 saturated carbocycles. The first-order chi connectivity index (χ1) is 7.41. The van der Waals surface area contributed by atoms with Crippen molar-refractivity contribution in [2.45, 2.75) is 57.8 Å². The molecule has 0 N–H and O–H groups in total. The average molecular weight is 273 g/mol. The molecule has 0 aliphatic carbocycles. The molecule has 0 saturated heterocycles. The van der Waals surface area contributed by atoms with Gasteiger partial charge >= 0.3 is 0 Å². The van der Waals surface area contributed by atoms with E-state index in [9.17, 15) is 4.79 Å². The third-order valence-electron chi connectivity index (χ3n) is 2.35. The zero-order chi connectivity index (χ0) is 11.2. The first-order valence-corrected chi connectivity index (χ1v) is 7.02. The van der Waals surface area contributed by atoms with Crippen molar-refractivity contribution in [2.75, 3.05) is 5.33 Å². The average Bonchev–Trinajstić information content (AvgIpc) is 2.26. The highest BCUT2D eigenvalue weighted by Gasteiger charge is 1.91. The highest BCUT2D eigenvalue weighted by atomic mass is 79.9. The minimum atomic E-state index is 0.671. The third-order valence-corrected chi connectivity index (χ3v) is 2.91. The van der Waals surface area contributed by atoms with Crippen LogP contribution in [-0.2, 0) is 4.79 Å². The molecule has 0 aromatic heterocycles. The Bertz CT molecular complexity index is 190. The molecule has 0 aromatic carbocycles. The number of aldehydes is 1. The molecule has 0 aliphatic rings. The highest BCUT2D eigenvalue weighted by molar-refractivity contribution is 9.09. The monoisotopic (exact) mass is 272 g/mol. The van der Waals surface area contributed by atoms with E-state index in [1.165, 1.54) is 44.9 Å². The van der Waals surface area contributed by atoms with Gasteiger partial charge in [-0.1, -0.05) is 60.4 Å². The summed E-state index contributed by atoms with van der Waals surface area (Å²) in [7, 11) is 0.